The fraction of sp³-hybridized carbons (Fsp3) is 0.0769. The van der Waals surface area contributed by atoms with Gasteiger partial charge in [0.1, 0.15) is 5.82 Å². The molecule has 6 nitrogen and oxygen atoms in total. The normalized spacial score (nSPS) is 9.68. The van der Waals surface area contributed by atoms with Crippen molar-refractivity contribution in [3.05, 3.63) is 54.5 Å². The van der Waals surface area contributed by atoms with Crippen LogP contribution in [-0.2, 0) is 9.53 Å². The van der Waals surface area contributed by atoms with Crippen molar-refractivity contribution < 1.29 is 14.3 Å². The summed E-state index contributed by atoms with van der Waals surface area (Å²) in [6.07, 6.45) is 4.47. The highest BCUT2D eigenvalue weighted by molar-refractivity contribution is 5.94. The van der Waals surface area contributed by atoms with Gasteiger partial charge in [-0.1, -0.05) is 6.07 Å². The molecule has 1 N–H and O–H groups in total. The minimum Gasteiger partial charge on any atom is -0.452 e. The minimum absolute atomic E-state index is 0.299. The Morgan fingerprint density at radius 2 is 2.05 bits per heavy atom. The largest absolute Gasteiger partial charge is 0.452 e. The van der Waals surface area contributed by atoms with Gasteiger partial charge < -0.3 is 10.1 Å². The fourth-order valence-corrected chi connectivity index (χ4v) is 1.31. The first-order chi connectivity index (χ1) is 9.25. The second-order valence-corrected chi connectivity index (χ2v) is 3.58. The van der Waals surface area contributed by atoms with Crippen molar-refractivity contribution in [2.24, 2.45) is 0 Å². The third-order valence-electron chi connectivity index (χ3n) is 2.16. The Kier molecular flexibility index (Phi) is 4.17. The highest BCUT2D eigenvalue weighted by atomic mass is 16.5. The van der Waals surface area contributed by atoms with Crippen molar-refractivity contribution in [2.75, 3.05) is 11.9 Å². The number of aromatic nitrogens is 2. The van der Waals surface area contributed by atoms with E-state index in [0.717, 1.165) is 0 Å². The lowest BCUT2D eigenvalue weighted by atomic mass is 10.3. The van der Waals surface area contributed by atoms with E-state index in [1.165, 1.54) is 6.20 Å². The third kappa shape index (κ3) is 3.88. The lowest BCUT2D eigenvalue weighted by Crippen LogP contribution is -2.21. The molecule has 0 atom stereocenters. The van der Waals surface area contributed by atoms with Crippen LogP contribution in [0, 0.1) is 0 Å². The van der Waals surface area contributed by atoms with Crippen LogP contribution in [0.1, 0.15) is 10.4 Å². The van der Waals surface area contributed by atoms with Gasteiger partial charge in [0, 0.05) is 18.6 Å². The van der Waals surface area contributed by atoms with Gasteiger partial charge in [0.2, 0.25) is 0 Å². The molecule has 6 heteroatoms. The lowest BCUT2D eigenvalue weighted by Gasteiger charge is -2.05. The molecule has 96 valence electrons. The molecule has 2 rings (SSSR count). The number of pyridine rings is 2. The molecule has 0 aliphatic heterocycles. The summed E-state index contributed by atoms with van der Waals surface area (Å²) in [5.41, 5.74) is 0.299. The van der Waals surface area contributed by atoms with Crippen molar-refractivity contribution in [1.29, 1.82) is 0 Å². The molecule has 2 aromatic heterocycles. The lowest BCUT2D eigenvalue weighted by molar-refractivity contribution is -0.119. The highest BCUT2D eigenvalue weighted by Gasteiger charge is 2.10. The van der Waals surface area contributed by atoms with Gasteiger partial charge in [0.25, 0.3) is 5.91 Å². The van der Waals surface area contributed by atoms with Gasteiger partial charge in [-0.05, 0) is 24.3 Å². The number of carbonyl (C=O) groups excluding carboxylic acids is 2. The van der Waals surface area contributed by atoms with Crippen LogP contribution in [0.15, 0.2) is 48.9 Å². The van der Waals surface area contributed by atoms with Gasteiger partial charge >= 0.3 is 5.97 Å². The average molecular weight is 257 g/mol. The van der Waals surface area contributed by atoms with Gasteiger partial charge in [-0.2, -0.15) is 0 Å². The van der Waals surface area contributed by atoms with Crippen LogP contribution in [0.2, 0.25) is 0 Å². The standard InChI is InChI=1S/C13H11N3O3/c17-12(16-11-5-1-2-7-15-11)9-19-13(18)10-4-3-6-14-8-10/h1-8H,9H2,(H,15,16,17). The van der Waals surface area contributed by atoms with E-state index in [2.05, 4.69) is 15.3 Å². The smallest absolute Gasteiger partial charge is 0.340 e. The third-order valence-corrected chi connectivity index (χ3v) is 2.16. The number of esters is 1. The van der Waals surface area contributed by atoms with Crippen molar-refractivity contribution in [1.82, 2.24) is 9.97 Å². The summed E-state index contributed by atoms with van der Waals surface area (Å²) in [5, 5.41) is 2.51. The summed E-state index contributed by atoms with van der Waals surface area (Å²) in [6, 6.07) is 8.29. The van der Waals surface area contributed by atoms with Crippen molar-refractivity contribution >= 4 is 17.7 Å². The summed E-state index contributed by atoms with van der Waals surface area (Å²) in [4.78, 5) is 30.8. The van der Waals surface area contributed by atoms with E-state index < -0.39 is 11.9 Å². The van der Waals surface area contributed by atoms with Gasteiger partial charge in [0.15, 0.2) is 6.61 Å². The number of amides is 1. The molecular weight excluding hydrogens is 246 g/mol. The molecule has 1 amide bonds. The molecule has 0 aliphatic carbocycles. The van der Waals surface area contributed by atoms with E-state index in [1.54, 1.807) is 42.7 Å². The first kappa shape index (κ1) is 12.7. The zero-order valence-electron chi connectivity index (χ0n) is 9.95. The molecular formula is C13H11N3O3. The van der Waals surface area contributed by atoms with Gasteiger partial charge in [-0.15, -0.1) is 0 Å². The molecule has 2 aromatic rings. The number of rotatable bonds is 4. The zero-order valence-corrected chi connectivity index (χ0v) is 9.95. The van der Waals surface area contributed by atoms with Crippen LogP contribution in [0.3, 0.4) is 0 Å². The second kappa shape index (κ2) is 6.25. The molecule has 0 saturated carbocycles. The van der Waals surface area contributed by atoms with Crippen LogP contribution in [0.4, 0.5) is 5.82 Å². The Morgan fingerprint density at radius 3 is 2.74 bits per heavy atom. The maximum Gasteiger partial charge on any atom is 0.340 e. The molecule has 0 unspecified atom stereocenters. The first-order valence-corrected chi connectivity index (χ1v) is 5.54. The molecule has 0 saturated heterocycles. The highest BCUT2D eigenvalue weighted by Crippen LogP contribution is 2.01. The van der Waals surface area contributed by atoms with E-state index in [1.807, 2.05) is 0 Å². The average Bonchev–Trinajstić information content (AvgIpc) is 2.47. The van der Waals surface area contributed by atoms with Crippen LogP contribution < -0.4 is 5.32 Å². The maximum absolute atomic E-state index is 11.5. The fourth-order valence-electron chi connectivity index (χ4n) is 1.31. The number of ether oxygens (including phenoxy) is 1. The first-order valence-electron chi connectivity index (χ1n) is 5.54. The minimum atomic E-state index is -0.593. The second-order valence-electron chi connectivity index (χ2n) is 3.58. The molecule has 0 aromatic carbocycles. The van der Waals surface area contributed by atoms with Crippen LogP contribution in [-0.4, -0.2) is 28.5 Å². The van der Waals surface area contributed by atoms with Gasteiger partial charge in [0.05, 0.1) is 5.56 Å². The topological polar surface area (TPSA) is 81.2 Å². The quantitative estimate of drug-likeness (QED) is 0.834. The molecule has 0 spiro atoms. The van der Waals surface area contributed by atoms with E-state index in [4.69, 9.17) is 4.74 Å². The predicted molar refractivity (Wildman–Crippen MR) is 67.4 cm³/mol. The van der Waals surface area contributed by atoms with E-state index >= 15 is 0 Å². The number of nitrogens with one attached hydrogen (secondary N) is 1. The van der Waals surface area contributed by atoms with Crippen LogP contribution in [0.25, 0.3) is 0 Å². The zero-order chi connectivity index (χ0) is 13.5. The van der Waals surface area contributed by atoms with Crippen molar-refractivity contribution in [2.45, 2.75) is 0 Å². The summed E-state index contributed by atoms with van der Waals surface area (Å²) < 4.78 is 4.84. The number of anilines is 1. The molecule has 0 aliphatic rings. The van der Waals surface area contributed by atoms with E-state index in [0.29, 0.717) is 11.4 Å². The Labute approximate surface area is 109 Å². The SMILES string of the molecule is O=C(COC(=O)c1cccnc1)Nc1ccccn1. The summed E-state index contributed by atoms with van der Waals surface area (Å²) >= 11 is 0. The molecule has 19 heavy (non-hydrogen) atoms. The summed E-state index contributed by atoms with van der Waals surface area (Å²) in [6.45, 7) is -0.371. The molecule has 2 heterocycles. The molecule has 0 radical (unpaired) electrons. The Bertz CT molecular complexity index is 558. The predicted octanol–water partition coefficient (Wildman–Crippen LogP) is 1.27. The molecule has 0 fully saturated rings. The Morgan fingerprint density at radius 1 is 1.16 bits per heavy atom. The van der Waals surface area contributed by atoms with Gasteiger partial charge in [-0.25, -0.2) is 9.78 Å². The Balaban J connectivity index is 1.83. The van der Waals surface area contributed by atoms with E-state index in [-0.39, 0.29) is 6.61 Å². The van der Waals surface area contributed by atoms with Crippen LogP contribution >= 0.6 is 0 Å². The number of nitrogens with zero attached hydrogens (tertiary/aromatic N) is 2. The summed E-state index contributed by atoms with van der Waals surface area (Å²) in [7, 11) is 0. The maximum atomic E-state index is 11.5. The van der Waals surface area contributed by atoms with Crippen molar-refractivity contribution in [3.63, 3.8) is 0 Å². The van der Waals surface area contributed by atoms with Crippen molar-refractivity contribution in [3.8, 4) is 0 Å². The number of carbonyl (C=O) groups is 2. The number of hydrogen-bond acceptors (Lipinski definition) is 5. The van der Waals surface area contributed by atoms with Crippen LogP contribution in [0.5, 0.6) is 0 Å². The number of hydrogen-bond donors (Lipinski definition) is 1. The monoisotopic (exact) mass is 257 g/mol. The van der Waals surface area contributed by atoms with E-state index in [9.17, 15) is 9.59 Å². The summed E-state index contributed by atoms with van der Waals surface area (Å²) in [5.74, 6) is -0.634. The van der Waals surface area contributed by atoms with Gasteiger partial charge in [-0.3, -0.25) is 9.78 Å². The Hall–Kier alpha value is -2.76. The molecule has 0 bridgehead atoms.